The highest BCUT2D eigenvalue weighted by molar-refractivity contribution is 6.21. The quantitative estimate of drug-likeness (QED) is 0.797. The molecule has 0 radical (unpaired) electrons. The fourth-order valence-corrected chi connectivity index (χ4v) is 2.16. The lowest BCUT2D eigenvalue weighted by molar-refractivity contribution is -0.116. The molecule has 21 heavy (non-hydrogen) atoms. The van der Waals surface area contributed by atoms with Crippen LogP contribution in [0.2, 0.25) is 0 Å². The average molecular weight is 289 g/mol. The van der Waals surface area contributed by atoms with Crippen LogP contribution in [0.25, 0.3) is 0 Å². The summed E-state index contributed by atoms with van der Waals surface area (Å²) in [5.41, 5.74) is 6.73. The van der Waals surface area contributed by atoms with Crippen LogP contribution in [0, 0.1) is 5.92 Å². The van der Waals surface area contributed by atoms with E-state index in [0.29, 0.717) is 42.1 Å². The van der Waals surface area contributed by atoms with E-state index in [4.69, 9.17) is 5.73 Å². The van der Waals surface area contributed by atoms with E-state index >= 15 is 0 Å². The number of carbonyl (C=O) groups excluding carboxylic acids is 3. The van der Waals surface area contributed by atoms with Crippen molar-refractivity contribution in [1.82, 2.24) is 4.90 Å². The summed E-state index contributed by atoms with van der Waals surface area (Å²) in [6.45, 7) is 2.54. The van der Waals surface area contributed by atoms with Gasteiger partial charge in [0.2, 0.25) is 5.91 Å². The van der Waals surface area contributed by atoms with Gasteiger partial charge in [-0.3, -0.25) is 19.3 Å². The minimum Gasteiger partial charge on any atom is -0.330 e. The topological polar surface area (TPSA) is 92.5 Å². The van der Waals surface area contributed by atoms with Crippen molar-refractivity contribution in [3.05, 3.63) is 29.3 Å². The largest absolute Gasteiger partial charge is 0.330 e. The van der Waals surface area contributed by atoms with Gasteiger partial charge in [-0.25, -0.2) is 0 Å². The van der Waals surface area contributed by atoms with Gasteiger partial charge in [0.05, 0.1) is 11.1 Å². The molecule has 6 nitrogen and oxygen atoms in total. The Morgan fingerprint density at radius 1 is 1.29 bits per heavy atom. The van der Waals surface area contributed by atoms with Crippen molar-refractivity contribution in [2.24, 2.45) is 11.7 Å². The predicted molar refractivity (Wildman–Crippen MR) is 78.9 cm³/mol. The first-order valence-corrected chi connectivity index (χ1v) is 6.90. The van der Waals surface area contributed by atoms with Crippen LogP contribution in [0.4, 0.5) is 5.69 Å². The fourth-order valence-electron chi connectivity index (χ4n) is 2.16. The van der Waals surface area contributed by atoms with Gasteiger partial charge < -0.3 is 11.1 Å². The summed E-state index contributed by atoms with van der Waals surface area (Å²) < 4.78 is 0. The van der Waals surface area contributed by atoms with E-state index < -0.39 is 0 Å². The monoisotopic (exact) mass is 289 g/mol. The molecule has 1 heterocycles. The molecule has 112 valence electrons. The molecule has 1 atom stereocenters. The van der Waals surface area contributed by atoms with Crippen LogP contribution in [0.3, 0.4) is 0 Å². The van der Waals surface area contributed by atoms with E-state index in [2.05, 4.69) is 5.32 Å². The molecule has 0 aliphatic carbocycles. The first kappa shape index (κ1) is 15.2. The van der Waals surface area contributed by atoms with Crippen molar-refractivity contribution < 1.29 is 14.4 Å². The maximum Gasteiger partial charge on any atom is 0.261 e. The van der Waals surface area contributed by atoms with Gasteiger partial charge in [0, 0.05) is 19.2 Å². The van der Waals surface area contributed by atoms with Crippen LogP contribution in [0.15, 0.2) is 18.2 Å². The number of benzene rings is 1. The molecule has 0 aromatic heterocycles. The van der Waals surface area contributed by atoms with Crippen LogP contribution in [0.1, 0.15) is 40.5 Å². The molecule has 1 aliphatic heterocycles. The Hall–Kier alpha value is -2.21. The van der Waals surface area contributed by atoms with Gasteiger partial charge in [0.1, 0.15) is 0 Å². The van der Waals surface area contributed by atoms with E-state index in [9.17, 15) is 14.4 Å². The second-order valence-electron chi connectivity index (χ2n) is 5.36. The number of hydrogen-bond acceptors (Lipinski definition) is 4. The summed E-state index contributed by atoms with van der Waals surface area (Å²) in [5, 5.41) is 2.74. The Morgan fingerprint density at radius 2 is 1.95 bits per heavy atom. The number of carbonyl (C=O) groups is 3. The third-order valence-electron chi connectivity index (χ3n) is 3.64. The molecule has 0 saturated carbocycles. The molecule has 1 aromatic rings. The third kappa shape index (κ3) is 3.11. The van der Waals surface area contributed by atoms with Crippen molar-refractivity contribution in [3.8, 4) is 0 Å². The molecule has 1 unspecified atom stereocenters. The van der Waals surface area contributed by atoms with Crippen LogP contribution in [-0.2, 0) is 4.79 Å². The number of anilines is 1. The predicted octanol–water partition coefficient (Wildman–Crippen LogP) is 1.23. The van der Waals surface area contributed by atoms with Gasteiger partial charge in [-0.2, -0.15) is 0 Å². The second kappa shape index (κ2) is 6.05. The summed E-state index contributed by atoms with van der Waals surface area (Å²) in [6.07, 6.45) is 1.09. The zero-order valence-corrected chi connectivity index (χ0v) is 12.2. The number of nitrogens with zero attached hydrogens (tertiary/aromatic N) is 1. The van der Waals surface area contributed by atoms with Crippen LogP contribution in [0.5, 0.6) is 0 Å². The Kier molecular flexibility index (Phi) is 4.37. The Balaban J connectivity index is 2.05. The van der Waals surface area contributed by atoms with Gasteiger partial charge in [-0.15, -0.1) is 0 Å². The molecule has 0 saturated heterocycles. The highest BCUT2D eigenvalue weighted by Gasteiger charge is 2.32. The van der Waals surface area contributed by atoms with Gasteiger partial charge in [-0.1, -0.05) is 6.92 Å². The summed E-state index contributed by atoms with van der Waals surface area (Å²) in [4.78, 5) is 36.5. The molecule has 6 heteroatoms. The number of hydrogen-bond donors (Lipinski definition) is 2. The van der Waals surface area contributed by atoms with Gasteiger partial charge in [0.15, 0.2) is 0 Å². The van der Waals surface area contributed by atoms with Crippen LogP contribution >= 0.6 is 0 Å². The van der Waals surface area contributed by atoms with Crippen molar-refractivity contribution in [2.75, 3.05) is 18.9 Å². The summed E-state index contributed by atoms with van der Waals surface area (Å²) >= 11 is 0. The molecule has 1 aliphatic rings. The Labute approximate surface area is 123 Å². The average Bonchev–Trinajstić information content (AvgIpc) is 2.69. The third-order valence-corrected chi connectivity index (χ3v) is 3.64. The molecule has 0 spiro atoms. The van der Waals surface area contributed by atoms with Gasteiger partial charge in [0.25, 0.3) is 11.8 Å². The minimum absolute atomic E-state index is 0.125. The molecular weight excluding hydrogens is 270 g/mol. The molecule has 1 aromatic carbocycles. The number of amides is 3. The van der Waals surface area contributed by atoms with Gasteiger partial charge >= 0.3 is 0 Å². The highest BCUT2D eigenvalue weighted by atomic mass is 16.2. The van der Waals surface area contributed by atoms with E-state index in [-0.39, 0.29) is 17.7 Å². The standard InChI is InChI=1S/C15H19N3O3/c1-9(8-16)3-6-13(19)17-10-4-5-11-12(7-10)15(21)18(2)14(11)20/h4-5,7,9H,3,6,8,16H2,1-2H3,(H,17,19). The second-order valence-corrected chi connectivity index (χ2v) is 5.36. The summed E-state index contributed by atoms with van der Waals surface area (Å²) in [7, 11) is 1.44. The van der Waals surface area contributed by atoms with Crippen molar-refractivity contribution in [2.45, 2.75) is 19.8 Å². The molecule has 3 N–H and O–H groups in total. The lowest BCUT2D eigenvalue weighted by atomic mass is 10.1. The van der Waals surface area contributed by atoms with E-state index in [1.54, 1.807) is 18.2 Å². The summed E-state index contributed by atoms with van der Waals surface area (Å²) in [5.74, 6) is -0.489. The molecular formula is C15H19N3O3. The number of rotatable bonds is 5. The Bertz CT molecular complexity index is 598. The minimum atomic E-state index is -0.345. The SMILES string of the molecule is CC(CN)CCC(=O)Nc1ccc2c(c1)C(=O)N(C)C2=O. The maximum atomic E-state index is 11.9. The number of nitrogens with one attached hydrogen (secondary N) is 1. The highest BCUT2D eigenvalue weighted by Crippen LogP contribution is 2.24. The molecule has 2 rings (SSSR count). The molecule has 0 fully saturated rings. The lowest BCUT2D eigenvalue weighted by Crippen LogP contribution is -2.24. The zero-order chi connectivity index (χ0) is 15.6. The van der Waals surface area contributed by atoms with Crippen LogP contribution < -0.4 is 11.1 Å². The first-order valence-electron chi connectivity index (χ1n) is 6.90. The van der Waals surface area contributed by atoms with Crippen LogP contribution in [-0.4, -0.2) is 36.2 Å². The zero-order valence-electron chi connectivity index (χ0n) is 12.2. The number of nitrogens with two attached hydrogens (primary N) is 1. The summed E-state index contributed by atoms with van der Waals surface area (Å²) in [6, 6.07) is 4.74. The van der Waals surface area contributed by atoms with E-state index in [0.717, 1.165) is 4.90 Å². The van der Waals surface area contributed by atoms with E-state index in [1.165, 1.54) is 7.05 Å². The number of fused-ring (bicyclic) bond motifs is 1. The van der Waals surface area contributed by atoms with Crippen molar-refractivity contribution in [1.29, 1.82) is 0 Å². The molecule has 0 bridgehead atoms. The van der Waals surface area contributed by atoms with Gasteiger partial charge in [-0.05, 0) is 37.1 Å². The smallest absolute Gasteiger partial charge is 0.261 e. The first-order chi connectivity index (χ1) is 9.93. The lowest BCUT2D eigenvalue weighted by Gasteiger charge is -2.09. The van der Waals surface area contributed by atoms with E-state index in [1.807, 2.05) is 6.92 Å². The normalized spacial score (nSPS) is 15.1. The molecule has 3 amide bonds. The number of imide groups is 1. The Morgan fingerprint density at radius 3 is 2.62 bits per heavy atom. The van der Waals surface area contributed by atoms with Crippen molar-refractivity contribution >= 4 is 23.4 Å². The fraction of sp³-hybridized carbons (Fsp3) is 0.400. The maximum absolute atomic E-state index is 11.9. The van der Waals surface area contributed by atoms with Crippen molar-refractivity contribution in [3.63, 3.8) is 0 Å².